The molecule has 0 unspecified atom stereocenters. The molecule has 0 aromatic carbocycles. The number of carbonyl (C=O) groups is 1. The number of carbonyl (C=O) groups excluding carboxylic acids is 1. The summed E-state index contributed by atoms with van der Waals surface area (Å²) in [6, 6.07) is 1.32. The fourth-order valence-electron chi connectivity index (χ4n) is 0.860. The predicted molar refractivity (Wildman–Crippen MR) is 50.4 cm³/mol. The lowest BCUT2D eigenvalue weighted by molar-refractivity contribution is -0.140. The number of nitrogens with one attached hydrogen (secondary N) is 2. The van der Waals surface area contributed by atoms with E-state index >= 15 is 0 Å². The van der Waals surface area contributed by atoms with Gasteiger partial charge in [0.15, 0.2) is 5.03 Å². The van der Waals surface area contributed by atoms with Crippen LogP contribution >= 0.6 is 0 Å². The van der Waals surface area contributed by atoms with Gasteiger partial charge in [-0.1, -0.05) is 0 Å². The molecule has 0 radical (unpaired) electrons. The van der Waals surface area contributed by atoms with Crippen molar-refractivity contribution >= 4 is 16.0 Å². The van der Waals surface area contributed by atoms with Crippen LogP contribution in [-0.4, -0.2) is 38.2 Å². The molecule has 0 amide bonds. The quantitative estimate of drug-likeness (QED) is 0.652. The summed E-state index contributed by atoms with van der Waals surface area (Å²) in [4.78, 5) is 10.7. The van der Waals surface area contributed by atoms with E-state index in [0.717, 1.165) is 0 Å². The van der Waals surface area contributed by atoms with E-state index in [-0.39, 0.29) is 18.0 Å². The summed E-state index contributed by atoms with van der Waals surface area (Å²) in [5.41, 5.74) is 0. The predicted octanol–water partition coefficient (Wildman–Crippen LogP) is -0.749. The Morgan fingerprint density at radius 1 is 1.67 bits per heavy atom. The Kier molecular flexibility index (Phi) is 3.81. The zero-order valence-electron chi connectivity index (χ0n) is 8.06. The first kappa shape index (κ1) is 11.7. The van der Waals surface area contributed by atoms with Gasteiger partial charge >= 0.3 is 5.97 Å². The van der Waals surface area contributed by atoms with Gasteiger partial charge in [0.25, 0.3) is 10.0 Å². The Hall–Kier alpha value is -1.41. The van der Waals surface area contributed by atoms with Crippen LogP contribution in [0.4, 0.5) is 0 Å². The molecule has 0 aliphatic rings. The van der Waals surface area contributed by atoms with Gasteiger partial charge in [-0.15, -0.1) is 0 Å². The highest BCUT2D eigenvalue weighted by molar-refractivity contribution is 7.89. The summed E-state index contributed by atoms with van der Waals surface area (Å²) in [7, 11) is -2.35. The molecule has 2 N–H and O–H groups in total. The first-order valence-corrected chi connectivity index (χ1v) is 5.60. The van der Waals surface area contributed by atoms with Gasteiger partial charge in [0, 0.05) is 6.54 Å². The lowest BCUT2D eigenvalue weighted by Crippen LogP contribution is -2.26. The zero-order chi connectivity index (χ0) is 11.3. The highest BCUT2D eigenvalue weighted by Gasteiger charge is 2.15. The minimum atomic E-state index is -3.60. The molecular weight excluding hydrogens is 222 g/mol. The van der Waals surface area contributed by atoms with Crippen LogP contribution in [0.3, 0.4) is 0 Å². The van der Waals surface area contributed by atoms with Crippen LogP contribution in [0.25, 0.3) is 0 Å². The highest BCUT2D eigenvalue weighted by Crippen LogP contribution is 2.01. The number of aromatic amines is 1. The molecule has 1 rings (SSSR count). The molecule has 0 saturated carbocycles. The van der Waals surface area contributed by atoms with Crippen LogP contribution in [0.2, 0.25) is 0 Å². The van der Waals surface area contributed by atoms with Gasteiger partial charge in [-0.25, -0.2) is 13.1 Å². The second-order valence-corrected chi connectivity index (χ2v) is 4.38. The lowest BCUT2D eigenvalue weighted by atomic mass is 10.4. The van der Waals surface area contributed by atoms with Crippen molar-refractivity contribution in [2.24, 2.45) is 0 Å². The van der Waals surface area contributed by atoms with E-state index in [1.54, 1.807) is 0 Å². The molecule has 0 fully saturated rings. The SMILES string of the molecule is COC(=O)CCNS(=O)(=O)c1ccn[nH]1. The number of hydrogen-bond donors (Lipinski definition) is 2. The molecule has 0 bridgehead atoms. The number of nitrogens with zero attached hydrogens (tertiary/aromatic N) is 1. The molecule has 0 atom stereocenters. The number of H-pyrrole nitrogens is 1. The summed E-state index contributed by atoms with van der Waals surface area (Å²) < 4.78 is 29.4. The van der Waals surface area contributed by atoms with E-state index in [2.05, 4.69) is 19.7 Å². The molecule has 8 heteroatoms. The second kappa shape index (κ2) is 4.89. The number of rotatable bonds is 5. The minimum absolute atomic E-state index is 0.00593. The lowest BCUT2D eigenvalue weighted by Gasteiger charge is -2.03. The molecule has 0 aliphatic carbocycles. The monoisotopic (exact) mass is 233 g/mol. The molecule has 0 spiro atoms. The molecule has 1 aromatic rings. The van der Waals surface area contributed by atoms with Gasteiger partial charge in [-0.05, 0) is 6.07 Å². The second-order valence-electron chi connectivity index (χ2n) is 2.64. The topological polar surface area (TPSA) is 101 Å². The van der Waals surface area contributed by atoms with Gasteiger partial charge in [0.05, 0.1) is 19.7 Å². The third kappa shape index (κ3) is 3.33. The Balaban J connectivity index is 2.49. The fourth-order valence-corrected chi connectivity index (χ4v) is 1.80. The van der Waals surface area contributed by atoms with Crippen molar-refractivity contribution in [2.45, 2.75) is 11.4 Å². The number of esters is 1. The van der Waals surface area contributed by atoms with Crippen LogP contribution in [-0.2, 0) is 19.6 Å². The minimum Gasteiger partial charge on any atom is -0.469 e. The average molecular weight is 233 g/mol. The third-order valence-electron chi connectivity index (χ3n) is 1.61. The number of methoxy groups -OCH3 is 1. The van der Waals surface area contributed by atoms with E-state index in [4.69, 9.17) is 0 Å². The standard InChI is InChI=1S/C7H11N3O4S/c1-14-7(11)3-5-9-15(12,13)6-2-4-8-10-6/h2,4,9H,3,5H2,1H3,(H,8,10). The molecule has 1 heterocycles. The maximum atomic E-state index is 11.4. The maximum absolute atomic E-state index is 11.4. The number of sulfonamides is 1. The Bertz CT molecular complexity index is 411. The van der Waals surface area contributed by atoms with Gasteiger partial charge < -0.3 is 4.74 Å². The van der Waals surface area contributed by atoms with Gasteiger partial charge in [-0.2, -0.15) is 5.10 Å². The number of aromatic nitrogens is 2. The molecule has 1 aromatic heterocycles. The molecule has 84 valence electrons. The number of hydrogen-bond acceptors (Lipinski definition) is 5. The third-order valence-corrected chi connectivity index (χ3v) is 3.00. The van der Waals surface area contributed by atoms with E-state index in [1.807, 2.05) is 0 Å². The molecule has 0 aliphatic heterocycles. The van der Waals surface area contributed by atoms with Crippen LogP contribution in [0.5, 0.6) is 0 Å². The van der Waals surface area contributed by atoms with Crippen LogP contribution in [0.15, 0.2) is 17.3 Å². The molecule has 7 nitrogen and oxygen atoms in total. The molecular formula is C7H11N3O4S. The summed E-state index contributed by atoms with van der Waals surface area (Å²) in [5.74, 6) is -0.470. The van der Waals surface area contributed by atoms with Crippen molar-refractivity contribution in [1.29, 1.82) is 0 Å². The van der Waals surface area contributed by atoms with Gasteiger partial charge in [-0.3, -0.25) is 9.89 Å². The Morgan fingerprint density at radius 2 is 2.40 bits per heavy atom. The number of ether oxygens (including phenoxy) is 1. The fraction of sp³-hybridized carbons (Fsp3) is 0.429. The first-order valence-electron chi connectivity index (χ1n) is 4.12. The molecule has 15 heavy (non-hydrogen) atoms. The zero-order valence-corrected chi connectivity index (χ0v) is 8.87. The van der Waals surface area contributed by atoms with E-state index in [9.17, 15) is 13.2 Å². The van der Waals surface area contributed by atoms with E-state index < -0.39 is 16.0 Å². The normalized spacial score (nSPS) is 11.3. The smallest absolute Gasteiger partial charge is 0.306 e. The van der Waals surface area contributed by atoms with Crippen molar-refractivity contribution in [2.75, 3.05) is 13.7 Å². The maximum Gasteiger partial charge on any atom is 0.306 e. The van der Waals surface area contributed by atoms with Crippen molar-refractivity contribution in [3.8, 4) is 0 Å². The van der Waals surface area contributed by atoms with Crippen LogP contribution in [0, 0.1) is 0 Å². The van der Waals surface area contributed by atoms with E-state index in [0.29, 0.717) is 0 Å². The summed E-state index contributed by atoms with van der Waals surface area (Å²) in [6.45, 7) is -0.00593. The van der Waals surface area contributed by atoms with Crippen molar-refractivity contribution in [1.82, 2.24) is 14.9 Å². The first-order chi connectivity index (χ1) is 7.06. The highest BCUT2D eigenvalue weighted by atomic mass is 32.2. The van der Waals surface area contributed by atoms with Crippen molar-refractivity contribution in [3.05, 3.63) is 12.3 Å². The summed E-state index contributed by atoms with van der Waals surface area (Å²) in [6.07, 6.45) is 1.32. The average Bonchev–Trinajstić information content (AvgIpc) is 2.70. The summed E-state index contributed by atoms with van der Waals surface area (Å²) in [5, 5.41) is 5.79. The van der Waals surface area contributed by atoms with Gasteiger partial charge in [0.2, 0.25) is 0 Å². The van der Waals surface area contributed by atoms with Crippen LogP contribution in [0.1, 0.15) is 6.42 Å². The Labute approximate surface area is 86.9 Å². The molecule has 0 saturated heterocycles. The largest absolute Gasteiger partial charge is 0.469 e. The summed E-state index contributed by atoms with van der Waals surface area (Å²) >= 11 is 0. The van der Waals surface area contributed by atoms with Crippen molar-refractivity contribution < 1.29 is 17.9 Å². The van der Waals surface area contributed by atoms with Crippen LogP contribution < -0.4 is 4.72 Å². The van der Waals surface area contributed by atoms with E-state index in [1.165, 1.54) is 19.4 Å². The van der Waals surface area contributed by atoms with Gasteiger partial charge in [0.1, 0.15) is 0 Å². The Morgan fingerprint density at radius 3 is 2.93 bits per heavy atom. The van der Waals surface area contributed by atoms with Crippen molar-refractivity contribution in [3.63, 3.8) is 0 Å².